The Hall–Kier alpha value is -4.13. The van der Waals surface area contributed by atoms with Crippen molar-refractivity contribution >= 4 is 38.4 Å². The monoisotopic (exact) mass is 469 g/mol. The number of imidazole rings is 1. The number of nitrogens with zero attached hydrogens (tertiary/aromatic N) is 1. The Balaban J connectivity index is 1.76. The van der Waals surface area contributed by atoms with Gasteiger partial charge in [-0.05, 0) is 37.1 Å². The van der Waals surface area contributed by atoms with E-state index in [1.54, 1.807) is 30.5 Å². The summed E-state index contributed by atoms with van der Waals surface area (Å²) < 4.78 is 11.5. The Kier molecular flexibility index (Phi) is 5.35. The van der Waals surface area contributed by atoms with Crippen LogP contribution in [0.4, 0.5) is 0 Å². The Labute approximate surface area is 201 Å². The third-order valence-electron chi connectivity index (χ3n) is 6.34. The molecule has 0 aliphatic rings. The van der Waals surface area contributed by atoms with Crippen molar-refractivity contribution in [3.05, 3.63) is 81.0 Å². The van der Waals surface area contributed by atoms with E-state index in [1.807, 2.05) is 40.7 Å². The van der Waals surface area contributed by atoms with E-state index in [1.165, 1.54) is 0 Å². The molecule has 0 fully saturated rings. The van der Waals surface area contributed by atoms with Crippen molar-refractivity contribution in [2.75, 3.05) is 0 Å². The molecule has 0 saturated heterocycles. The number of allylic oxidation sites excluding steroid dienone is 2. The molecule has 7 nitrogen and oxygen atoms in total. The van der Waals surface area contributed by atoms with E-state index in [9.17, 15) is 9.59 Å². The van der Waals surface area contributed by atoms with E-state index in [2.05, 4.69) is 21.9 Å². The first-order valence-electron chi connectivity index (χ1n) is 11.7. The SMILES string of the molecule is C=C(N/C(=C\C)c1cc2oc(=O)c3cc(-c4cnc(C(C)C)[nH]4)cc4c(=O)oc(c1)c2c34)C(C)C. The second kappa shape index (κ2) is 8.27. The second-order valence-electron chi connectivity index (χ2n) is 9.42. The van der Waals surface area contributed by atoms with E-state index in [4.69, 9.17) is 8.83 Å². The average molecular weight is 470 g/mol. The Morgan fingerprint density at radius 1 is 1.00 bits per heavy atom. The van der Waals surface area contributed by atoms with Crippen molar-refractivity contribution in [3.63, 3.8) is 0 Å². The van der Waals surface area contributed by atoms with Crippen LogP contribution < -0.4 is 16.6 Å². The third-order valence-corrected chi connectivity index (χ3v) is 6.34. The minimum atomic E-state index is -0.515. The van der Waals surface area contributed by atoms with E-state index in [0.29, 0.717) is 38.3 Å². The van der Waals surface area contributed by atoms with Gasteiger partial charge < -0.3 is 19.1 Å². The van der Waals surface area contributed by atoms with Crippen LogP contribution in [-0.2, 0) is 0 Å². The lowest BCUT2D eigenvalue weighted by Crippen LogP contribution is -2.15. The molecule has 2 N–H and O–H groups in total. The van der Waals surface area contributed by atoms with Crippen molar-refractivity contribution in [2.45, 2.75) is 40.5 Å². The van der Waals surface area contributed by atoms with Crippen LogP contribution >= 0.6 is 0 Å². The van der Waals surface area contributed by atoms with Gasteiger partial charge in [0.25, 0.3) is 0 Å². The van der Waals surface area contributed by atoms with Gasteiger partial charge in [-0.15, -0.1) is 0 Å². The zero-order chi connectivity index (χ0) is 25.0. The number of hydrogen-bond donors (Lipinski definition) is 2. The molecule has 178 valence electrons. The number of aromatic amines is 1. The summed E-state index contributed by atoms with van der Waals surface area (Å²) in [4.78, 5) is 33.9. The zero-order valence-corrected chi connectivity index (χ0v) is 20.4. The van der Waals surface area contributed by atoms with Gasteiger partial charge in [-0.25, -0.2) is 14.6 Å². The molecule has 0 aliphatic heterocycles. The molecule has 7 heteroatoms. The number of benzene rings is 2. The fourth-order valence-electron chi connectivity index (χ4n) is 4.26. The highest BCUT2D eigenvalue weighted by Gasteiger charge is 2.21. The van der Waals surface area contributed by atoms with Crippen molar-refractivity contribution in [2.24, 2.45) is 5.92 Å². The van der Waals surface area contributed by atoms with E-state index in [0.717, 1.165) is 28.5 Å². The molecule has 0 atom stereocenters. The van der Waals surface area contributed by atoms with Gasteiger partial charge in [0.2, 0.25) is 0 Å². The van der Waals surface area contributed by atoms with Crippen molar-refractivity contribution in [3.8, 4) is 11.3 Å². The summed E-state index contributed by atoms with van der Waals surface area (Å²) in [6, 6.07) is 7.06. The first kappa shape index (κ1) is 22.7. The van der Waals surface area contributed by atoms with Crippen molar-refractivity contribution in [1.29, 1.82) is 0 Å². The maximum absolute atomic E-state index is 13.1. The average Bonchev–Trinajstić information content (AvgIpc) is 3.32. The maximum Gasteiger partial charge on any atom is 0.344 e. The zero-order valence-electron chi connectivity index (χ0n) is 20.4. The minimum absolute atomic E-state index is 0.215. The van der Waals surface area contributed by atoms with Gasteiger partial charge in [-0.2, -0.15) is 0 Å². The van der Waals surface area contributed by atoms with Crippen molar-refractivity contribution < 1.29 is 8.83 Å². The quantitative estimate of drug-likeness (QED) is 0.229. The molecule has 0 saturated carbocycles. The van der Waals surface area contributed by atoms with E-state index < -0.39 is 11.3 Å². The van der Waals surface area contributed by atoms with Gasteiger partial charge in [0.1, 0.15) is 17.0 Å². The molecule has 35 heavy (non-hydrogen) atoms. The first-order chi connectivity index (χ1) is 16.7. The van der Waals surface area contributed by atoms with E-state index >= 15 is 0 Å². The highest BCUT2D eigenvalue weighted by Crippen LogP contribution is 2.35. The van der Waals surface area contributed by atoms with Gasteiger partial charge in [0.05, 0.1) is 28.0 Å². The normalized spacial score (nSPS) is 12.6. The van der Waals surface area contributed by atoms with Crippen LogP contribution in [-0.4, -0.2) is 9.97 Å². The van der Waals surface area contributed by atoms with Gasteiger partial charge in [-0.1, -0.05) is 40.3 Å². The first-order valence-corrected chi connectivity index (χ1v) is 11.7. The van der Waals surface area contributed by atoms with Crippen LogP contribution in [0.2, 0.25) is 0 Å². The van der Waals surface area contributed by atoms with Crippen LogP contribution in [0.1, 0.15) is 51.9 Å². The number of rotatable bonds is 6. The summed E-state index contributed by atoms with van der Waals surface area (Å²) >= 11 is 0. The molecule has 0 amide bonds. The molecule has 0 aliphatic carbocycles. The highest BCUT2D eigenvalue weighted by molar-refractivity contribution is 6.20. The fourth-order valence-corrected chi connectivity index (χ4v) is 4.26. The van der Waals surface area contributed by atoms with Crippen LogP contribution in [0, 0.1) is 5.92 Å². The molecule has 0 bridgehead atoms. The number of nitrogens with one attached hydrogen (secondary N) is 2. The predicted octanol–water partition coefficient (Wildman–Crippen LogP) is 6.12. The van der Waals surface area contributed by atoms with Gasteiger partial charge in [-0.3, -0.25) is 0 Å². The topological polar surface area (TPSA) is 101 Å². The molecule has 5 aromatic rings. The highest BCUT2D eigenvalue weighted by atomic mass is 16.4. The minimum Gasteiger partial charge on any atom is -0.422 e. The van der Waals surface area contributed by atoms with Gasteiger partial charge in [0.15, 0.2) is 0 Å². The van der Waals surface area contributed by atoms with Crippen molar-refractivity contribution in [1.82, 2.24) is 15.3 Å². The third kappa shape index (κ3) is 3.73. The van der Waals surface area contributed by atoms with Gasteiger partial charge in [0, 0.05) is 33.8 Å². The Morgan fingerprint density at radius 3 is 2.09 bits per heavy atom. The van der Waals surface area contributed by atoms with Crippen LogP contribution in [0.3, 0.4) is 0 Å². The lowest BCUT2D eigenvalue weighted by molar-refractivity contribution is 0.557. The van der Waals surface area contributed by atoms with Crippen LogP contribution in [0.15, 0.2) is 67.2 Å². The largest absolute Gasteiger partial charge is 0.422 e. The molecule has 0 unspecified atom stereocenters. The summed E-state index contributed by atoms with van der Waals surface area (Å²) in [6.45, 7) is 14.1. The molecule has 3 heterocycles. The molecule has 5 rings (SSSR count). The number of H-pyrrole nitrogens is 1. The van der Waals surface area contributed by atoms with Gasteiger partial charge >= 0.3 is 11.3 Å². The molecule has 0 spiro atoms. The summed E-state index contributed by atoms with van der Waals surface area (Å²) in [5.74, 6) is 1.27. The molecule has 3 aromatic heterocycles. The summed E-state index contributed by atoms with van der Waals surface area (Å²) in [7, 11) is 0. The van der Waals surface area contributed by atoms with E-state index in [-0.39, 0.29) is 11.8 Å². The molecular formula is C28H27N3O4. The number of hydrogen-bond acceptors (Lipinski definition) is 6. The summed E-state index contributed by atoms with van der Waals surface area (Å²) in [5.41, 5.74) is 3.42. The Morgan fingerprint density at radius 2 is 1.60 bits per heavy atom. The lowest BCUT2D eigenvalue weighted by atomic mass is 9.98. The fraction of sp³-hybridized carbons (Fsp3) is 0.250. The van der Waals surface area contributed by atoms with Crippen LogP contribution in [0.5, 0.6) is 0 Å². The van der Waals surface area contributed by atoms with Crippen LogP contribution in [0.25, 0.3) is 49.7 Å². The smallest absolute Gasteiger partial charge is 0.344 e. The second-order valence-corrected chi connectivity index (χ2v) is 9.42. The molecule has 2 aromatic carbocycles. The molecule has 0 radical (unpaired) electrons. The lowest BCUT2D eigenvalue weighted by Gasteiger charge is -2.17. The Bertz CT molecular complexity index is 1670. The summed E-state index contributed by atoms with van der Waals surface area (Å²) in [5, 5.41) is 5.12. The standard InChI is InChI=1S/C28H27N3O4/c1-7-20(30-15(6)13(2)3)17-10-22-25-23(11-17)35-28(33)19-9-16(8-18(24(19)25)27(32)34-22)21-12-29-26(31-21)14(4)5/h7-14,30H,6H2,1-5H3,(H,29,31)/b20-7-. The maximum atomic E-state index is 13.1. The summed E-state index contributed by atoms with van der Waals surface area (Å²) in [6.07, 6.45) is 3.60. The molecular weight excluding hydrogens is 442 g/mol. The number of aromatic nitrogens is 2. The predicted molar refractivity (Wildman–Crippen MR) is 140 cm³/mol.